The number of hydrogen-bond acceptors (Lipinski definition) is 3. The predicted octanol–water partition coefficient (Wildman–Crippen LogP) is 1.06. The van der Waals surface area contributed by atoms with Crippen molar-refractivity contribution in [3.63, 3.8) is 0 Å². The quantitative estimate of drug-likeness (QED) is 0.742. The van der Waals surface area contributed by atoms with Crippen molar-refractivity contribution in [1.82, 2.24) is 9.55 Å². The standard InChI is InChI=1S/C10H19N3O/c1-3-5-13-7-12-6-9(13)10(14)8(11)4-2/h6-8,10,14H,3-5,11H2,1-2H3. The second-order valence-corrected chi connectivity index (χ2v) is 3.53. The van der Waals surface area contributed by atoms with Crippen LogP contribution in [0.1, 0.15) is 38.5 Å². The normalized spacial score (nSPS) is 15.4. The number of hydrogen-bond donors (Lipinski definition) is 2. The van der Waals surface area contributed by atoms with E-state index in [1.165, 1.54) is 0 Å². The Morgan fingerprint density at radius 3 is 2.86 bits per heavy atom. The highest BCUT2D eigenvalue weighted by molar-refractivity contribution is 5.05. The summed E-state index contributed by atoms with van der Waals surface area (Å²) in [5.41, 5.74) is 6.60. The molecule has 4 heteroatoms. The summed E-state index contributed by atoms with van der Waals surface area (Å²) in [5.74, 6) is 0. The smallest absolute Gasteiger partial charge is 0.111 e. The number of nitrogens with two attached hydrogens (primary N) is 1. The molecule has 0 amide bonds. The summed E-state index contributed by atoms with van der Waals surface area (Å²) in [5, 5.41) is 9.90. The topological polar surface area (TPSA) is 64.1 Å². The number of aliphatic hydroxyl groups excluding tert-OH is 1. The lowest BCUT2D eigenvalue weighted by molar-refractivity contribution is 0.135. The highest BCUT2D eigenvalue weighted by Gasteiger charge is 2.18. The van der Waals surface area contributed by atoms with Gasteiger partial charge in [-0.15, -0.1) is 0 Å². The molecule has 0 spiro atoms. The Hall–Kier alpha value is -0.870. The Labute approximate surface area is 84.8 Å². The Morgan fingerprint density at radius 2 is 2.29 bits per heavy atom. The van der Waals surface area contributed by atoms with Crippen LogP contribution in [0.5, 0.6) is 0 Å². The summed E-state index contributed by atoms with van der Waals surface area (Å²) < 4.78 is 1.96. The number of imidazole rings is 1. The van der Waals surface area contributed by atoms with Gasteiger partial charge in [0.15, 0.2) is 0 Å². The van der Waals surface area contributed by atoms with Gasteiger partial charge in [-0.05, 0) is 12.8 Å². The van der Waals surface area contributed by atoms with Crippen LogP contribution in [0.15, 0.2) is 12.5 Å². The molecule has 2 atom stereocenters. The maximum atomic E-state index is 9.90. The molecule has 0 aliphatic heterocycles. The maximum absolute atomic E-state index is 9.90. The minimum absolute atomic E-state index is 0.206. The monoisotopic (exact) mass is 197 g/mol. The Bertz CT molecular complexity index is 272. The highest BCUT2D eigenvalue weighted by atomic mass is 16.3. The summed E-state index contributed by atoms with van der Waals surface area (Å²) in [6, 6.07) is -0.206. The number of nitrogens with zero attached hydrogens (tertiary/aromatic N) is 2. The zero-order valence-corrected chi connectivity index (χ0v) is 8.85. The van der Waals surface area contributed by atoms with E-state index >= 15 is 0 Å². The van der Waals surface area contributed by atoms with Gasteiger partial charge in [-0.2, -0.15) is 0 Å². The third-order valence-electron chi connectivity index (χ3n) is 2.39. The van der Waals surface area contributed by atoms with Crippen LogP contribution in [0.25, 0.3) is 0 Å². The van der Waals surface area contributed by atoms with Crippen LogP contribution in [0.4, 0.5) is 0 Å². The lowest BCUT2D eigenvalue weighted by Gasteiger charge is -2.18. The van der Waals surface area contributed by atoms with Gasteiger partial charge in [-0.25, -0.2) is 4.98 Å². The lowest BCUT2D eigenvalue weighted by Crippen LogP contribution is -2.28. The van der Waals surface area contributed by atoms with Crippen molar-refractivity contribution in [1.29, 1.82) is 0 Å². The maximum Gasteiger partial charge on any atom is 0.111 e. The Kier molecular flexibility index (Phi) is 4.10. The van der Waals surface area contributed by atoms with E-state index in [2.05, 4.69) is 11.9 Å². The van der Waals surface area contributed by atoms with E-state index in [1.807, 2.05) is 11.5 Å². The van der Waals surface area contributed by atoms with Gasteiger partial charge in [0, 0.05) is 12.6 Å². The average Bonchev–Trinajstić information content (AvgIpc) is 2.64. The molecule has 80 valence electrons. The van der Waals surface area contributed by atoms with Crippen LogP contribution in [0, 0.1) is 0 Å². The second-order valence-electron chi connectivity index (χ2n) is 3.53. The molecule has 0 saturated carbocycles. The van der Waals surface area contributed by atoms with Gasteiger partial charge in [0.1, 0.15) is 6.10 Å². The summed E-state index contributed by atoms with van der Waals surface area (Å²) >= 11 is 0. The van der Waals surface area contributed by atoms with Gasteiger partial charge in [0.25, 0.3) is 0 Å². The molecule has 1 rings (SSSR count). The molecule has 3 N–H and O–H groups in total. The number of aryl methyl sites for hydroxylation is 1. The molecule has 1 aromatic rings. The third kappa shape index (κ3) is 2.33. The summed E-state index contributed by atoms with van der Waals surface area (Å²) in [4.78, 5) is 4.03. The first kappa shape index (κ1) is 11.2. The summed E-state index contributed by atoms with van der Waals surface area (Å²) in [6.07, 6.45) is 4.62. The summed E-state index contributed by atoms with van der Waals surface area (Å²) in [6.45, 7) is 4.94. The minimum Gasteiger partial charge on any atom is -0.385 e. The molecule has 4 nitrogen and oxygen atoms in total. The van der Waals surface area contributed by atoms with Gasteiger partial charge in [-0.1, -0.05) is 13.8 Å². The number of aromatic nitrogens is 2. The van der Waals surface area contributed by atoms with Crippen molar-refractivity contribution in [2.75, 3.05) is 0 Å². The SMILES string of the molecule is CCCn1cncc1C(O)C(N)CC. The molecule has 14 heavy (non-hydrogen) atoms. The van der Waals surface area contributed by atoms with E-state index in [-0.39, 0.29) is 6.04 Å². The van der Waals surface area contributed by atoms with Crippen molar-refractivity contribution in [2.24, 2.45) is 5.73 Å². The Morgan fingerprint density at radius 1 is 1.57 bits per heavy atom. The fourth-order valence-electron chi connectivity index (χ4n) is 1.45. The van der Waals surface area contributed by atoms with Crippen molar-refractivity contribution in [3.8, 4) is 0 Å². The molecule has 0 aliphatic carbocycles. The largest absolute Gasteiger partial charge is 0.385 e. The Balaban J connectivity index is 2.77. The van der Waals surface area contributed by atoms with Crippen LogP contribution in [0.3, 0.4) is 0 Å². The van der Waals surface area contributed by atoms with Crippen molar-refractivity contribution >= 4 is 0 Å². The van der Waals surface area contributed by atoms with Crippen LogP contribution in [0.2, 0.25) is 0 Å². The van der Waals surface area contributed by atoms with E-state index in [9.17, 15) is 5.11 Å². The fourth-order valence-corrected chi connectivity index (χ4v) is 1.45. The molecule has 0 aromatic carbocycles. The minimum atomic E-state index is -0.603. The van der Waals surface area contributed by atoms with Crippen molar-refractivity contribution < 1.29 is 5.11 Å². The number of rotatable bonds is 5. The van der Waals surface area contributed by atoms with Gasteiger partial charge >= 0.3 is 0 Å². The van der Waals surface area contributed by atoms with E-state index in [0.29, 0.717) is 0 Å². The van der Waals surface area contributed by atoms with Gasteiger partial charge in [0.05, 0.1) is 18.2 Å². The first-order valence-corrected chi connectivity index (χ1v) is 5.14. The van der Waals surface area contributed by atoms with E-state index in [4.69, 9.17) is 5.73 Å². The number of aliphatic hydroxyl groups is 1. The molecule has 1 heterocycles. The van der Waals surface area contributed by atoms with Crippen LogP contribution in [-0.4, -0.2) is 20.7 Å². The van der Waals surface area contributed by atoms with Crippen molar-refractivity contribution in [3.05, 3.63) is 18.2 Å². The molecule has 2 unspecified atom stereocenters. The molecule has 0 fully saturated rings. The summed E-state index contributed by atoms with van der Waals surface area (Å²) in [7, 11) is 0. The first-order chi connectivity index (χ1) is 6.70. The average molecular weight is 197 g/mol. The molecular formula is C10H19N3O. The van der Waals surface area contributed by atoms with E-state index in [0.717, 1.165) is 25.1 Å². The highest BCUT2D eigenvalue weighted by Crippen LogP contribution is 2.17. The molecule has 0 aliphatic rings. The molecule has 0 radical (unpaired) electrons. The molecule has 0 saturated heterocycles. The van der Waals surface area contributed by atoms with Crippen LogP contribution in [-0.2, 0) is 6.54 Å². The van der Waals surface area contributed by atoms with Gasteiger partial charge < -0.3 is 15.4 Å². The molecule has 1 aromatic heterocycles. The van der Waals surface area contributed by atoms with Crippen molar-refractivity contribution in [2.45, 2.75) is 45.4 Å². The lowest BCUT2D eigenvalue weighted by atomic mass is 10.1. The van der Waals surface area contributed by atoms with Crippen LogP contribution >= 0.6 is 0 Å². The van der Waals surface area contributed by atoms with E-state index in [1.54, 1.807) is 12.5 Å². The third-order valence-corrected chi connectivity index (χ3v) is 2.39. The first-order valence-electron chi connectivity index (χ1n) is 5.14. The molecular weight excluding hydrogens is 178 g/mol. The van der Waals surface area contributed by atoms with Crippen LogP contribution < -0.4 is 5.73 Å². The molecule has 0 bridgehead atoms. The zero-order valence-electron chi connectivity index (χ0n) is 8.85. The second kappa shape index (κ2) is 5.12. The zero-order chi connectivity index (χ0) is 10.6. The predicted molar refractivity (Wildman–Crippen MR) is 55.7 cm³/mol. The fraction of sp³-hybridized carbons (Fsp3) is 0.700. The van der Waals surface area contributed by atoms with Gasteiger partial charge in [-0.3, -0.25) is 0 Å². The van der Waals surface area contributed by atoms with E-state index < -0.39 is 6.10 Å². The van der Waals surface area contributed by atoms with Gasteiger partial charge in [0.2, 0.25) is 0 Å².